The van der Waals surface area contributed by atoms with E-state index in [1.54, 1.807) is 0 Å². The lowest BCUT2D eigenvalue weighted by molar-refractivity contribution is -0.137. The van der Waals surface area contributed by atoms with E-state index in [2.05, 4.69) is 10.6 Å². The van der Waals surface area contributed by atoms with Gasteiger partial charge < -0.3 is 10.4 Å². The number of nitrogens with one attached hydrogen (secondary N) is 2. The van der Waals surface area contributed by atoms with E-state index in [1.165, 1.54) is 18.2 Å². The third kappa shape index (κ3) is 2.82. The second-order valence-corrected chi connectivity index (χ2v) is 4.30. The number of benzene rings is 1. The van der Waals surface area contributed by atoms with E-state index >= 15 is 0 Å². The van der Waals surface area contributed by atoms with Crippen molar-refractivity contribution < 1.29 is 24.3 Å². The van der Waals surface area contributed by atoms with E-state index in [0.29, 0.717) is 6.42 Å². The summed E-state index contributed by atoms with van der Waals surface area (Å²) in [5.41, 5.74) is 0.675. The van der Waals surface area contributed by atoms with Crippen molar-refractivity contribution in [1.82, 2.24) is 10.6 Å². The zero-order valence-electron chi connectivity index (χ0n) is 10.4. The van der Waals surface area contributed by atoms with E-state index in [0.717, 1.165) is 0 Å². The highest BCUT2D eigenvalue weighted by molar-refractivity contribution is 6.22. The van der Waals surface area contributed by atoms with Crippen molar-refractivity contribution >= 4 is 23.7 Å². The lowest BCUT2D eigenvalue weighted by Crippen LogP contribution is -2.25. The van der Waals surface area contributed by atoms with Gasteiger partial charge in [0.2, 0.25) is 0 Å². The summed E-state index contributed by atoms with van der Waals surface area (Å²) in [7, 11) is 0. The van der Waals surface area contributed by atoms with Crippen LogP contribution in [0.3, 0.4) is 0 Å². The minimum atomic E-state index is -0.924. The summed E-state index contributed by atoms with van der Waals surface area (Å²) < 4.78 is 0. The lowest BCUT2D eigenvalue weighted by Gasteiger charge is -2.05. The van der Waals surface area contributed by atoms with Gasteiger partial charge in [-0.15, -0.1) is 0 Å². The second-order valence-electron chi connectivity index (χ2n) is 4.30. The van der Waals surface area contributed by atoms with Crippen molar-refractivity contribution in [2.24, 2.45) is 0 Å². The Bertz CT molecular complexity index is 609. The monoisotopic (exact) mass is 276 g/mol. The van der Waals surface area contributed by atoms with Crippen LogP contribution in [0, 0.1) is 0 Å². The molecule has 1 aromatic rings. The number of hydrogen-bond donors (Lipinski definition) is 3. The van der Waals surface area contributed by atoms with Crippen LogP contribution in [-0.2, 0) is 4.79 Å². The van der Waals surface area contributed by atoms with E-state index in [-0.39, 0.29) is 29.7 Å². The standard InChI is InChI=1S/C13H12N2O5/c16-10(17)2-1-5-14-11(18)7-3-4-8-9(6-7)13(20)15-12(8)19/h3-4,6H,1-2,5H2,(H,14,18)(H,16,17)(H,15,19,20). The topological polar surface area (TPSA) is 113 Å². The van der Waals surface area contributed by atoms with E-state index in [1.807, 2.05) is 0 Å². The maximum Gasteiger partial charge on any atom is 0.303 e. The Kier molecular flexibility index (Phi) is 3.79. The molecule has 0 aromatic heterocycles. The largest absolute Gasteiger partial charge is 0.481 e. The molecule has 1 aliphatic heterocycles. The Hall–Kier alpha value is -2.70. The van der Waals surface area contributed by atoms with E-state index < -0.39 is 23.7 Å². The average Bonchev–Trinajstić information content (AvgIpc) is 2.69. The first-order chi connectivity index (χ1) is 9.49. The maximum atomic E-state index is 11.8. The first-order valence-corrected chi connectivity index (χ1v) is 5.99. The van der Waals surface area contributed by atoms with Crippen LogP contribution in [0.15, 0.2) is 18.2 Å². The van der Waals surface area contributed by atoms with Crippen LogP contribution in [-0.4, -0.2) is 35.3 Å². The Balaban J connectivity index is 2.01. The summed E-state index contributed by atoms with van der Waals surface area (Å²) in [6.07, 6.45) is 0.298. The summed E-state index contributed by atoms with van der Waals surface area (Å²) >= 11 is 0. The number of amides is 3. The van der Waals surface area contributed by atoms with Gasteiger partial charge in [0.1, 0.15) is 0 Å². The Morgan fingerprint density at radius 2 is 1.85 bits per heavy atom. The number of aliphatic carboxylic acids is 1. The molecular weight excluding hydrogens is 264 g/mol. The third-order valence-corrected chi connectivity index (χ3v) is 2.85. The molecule has 0 saturated carbocycles. The van der Waals surface area contributed by atoms with Crippen molar-refractivity contribution in [1.29, 1.82) is 0 Å². The molecule has 3 amide bonds. The summed E-state index contributed by atoms with van der Waals surface area (Å²) in [4.78, 5) is 44.9. The van der Waals surface area contributed by atoms with Crippen molar-refractivity contribution in [2.75, 3.05) is 6.54 Å². The molecule has 1 aromatic carbocycles. The Morgan fingerprint density at radius 1 is 1.15 bits per heavy atom. The van der Waals surface area contributed by atoms with Crippen molar-refractivity contribution in [3.63, 3.8) is 0 Å². The van der Waals surface area contributed by atoms with Gasteiger partial charge in [0.05, 0.1) is 11.1 Å². The predicted octanol–water partition coefficient (Wildman–Crippen LogP) is 0.165. The summed E-state index contributed by atoms with van der Waals surface area (Å²) in [6, 6.07) is 4.22. The molecule has 0 spiro atoms. The molecule has 0 atom stereocenters. The lowest BCUT2D eigenvalue weighted by atomic mass is 10.1. The molecule has 0 bridgehead atoms. The number of carbonyl (C=O) groups is 4. The number of carboxylic acid groups (broad SMARTS) is 1. The van der Waals surface area contributed by atoms with Gasteiger partial charge in [-0.05, 0) is 24.6 Å². The van der Waals surface area contributed by atoms with Crippen LogP contribution in [0.4, 0.5) is 0 Å². The number of carboxylic acids is 1. The van der Waals surface area contributed by atoms with Crippen LogP contribution in [0.25, 0.3) is 0 Å². The van der Waals surface area contributed by atoms with Crippen molar-refractivity contribution in [3.05, 3.63) is 34.9 Å². The summed E-state index contributed by atoms with van der Waals surface area (Å²) in [5.74, 6) is -2.33. The smallest absolute Gasteiger partial charge is 0.303 e. The first kappa shape index (κ1) is 13.7. The number of hydrogen-bond acceptors (Lipinski definition) is 4. The van der Waals surface area contributed by atoms with Gasteiger partial charge in [-0.3, -0.25) is 24.5 Å². The Labute approximate surface area is 114 Å². The Morgan fingerprint density at radius 3 is 2.55 bits per heavy atom. The van der Waals surface area contributed by atoms with Crippen LogP contribution in [0.1, 0.15) is 43.9 Å². The second kappa shape index (κ2) is 5.52. The highest BCUT2D eigenvalue weighted by atomic mass is 16.4. The molecular formula is C13H12N2O5. The SMILES string of the molecule is O=C(O)CCCNC(=O)c1ccc2c(c1)C(=O)NC2=O. The van der Waals surface area contributed by atoms with Gasteiger partial charge in [-0.1, -0.05) is 0 Å². The highest BCUT2D eigenvalue weighted by Crippen LogP contribution is 2.17. The first-order valence-electron chi connectivity index (χ1n) is 5.99. The molecule has 3 N–H and O–H groups in total. The van der Waals surface area contributed by atoms with Gasteiger partial charge in [0.25, 0.3) is 17.7 Å². The molecule has 104 valence electrons. The van der Waals surface area contributed by atoms with Gasteiger partial charge in [0.15, 0.2) is 0 Å². The molecule has 1 aliphatic rings. The zero-order chi connectivity index (χ0) is 14.7. The number of rotatable bonds is 5. The molecule has 0 saturated heterocycles. The van der Waals surface area contributed by atoms with Gasteiger partial charge >= 0.3 is 5.97 Å². The highest BCUT2D eigenvalue weighted by Gasteiger charge is 2.27. The average molecular weight is 276 g/mol. The molecule has 1 heterocycles. The van der Waals surface area contributed by atoms with Crippen LogP contribution >= 0.6 is 0 Å². The number of imide groups is 1. The van der Waals surface area contributed by atoms with Crippen LogP contribution in [0.5, 0.6) is 0 Å². The maximum absolute atomic E-state index is 11.8. The van der Waals surface area contributed by atoms with E-state index in [9.17, 15) is 19.2 Å². The fourth-order valence-corrected chi connectivity index (χ4v) is 1.85. The van der Waals surface area contributed by atoms with Crippen molar-refractivity contribution in [3.8, 4) is 0 Å². The molecule has 7 nitrogen and oxygen atoms in total. The zero-order valence-corrected chi connectivity index (χ0v) is 10.4. The molecule has 0 fully saturated rings. The third-order valence-electron chi connectivity index (χ3n) is 2.85. The molecule has 7 heteroatoms. The predicted molar refractivity (Wildman–Crippen MR) is 67.4 cm³/mol. The molecule has 0 aliphatic carbocycles. The van der Waals surface area contributed by atoms with E-state index in [4.69, 9.17) is 5.11 Å². The number of fused-ring (bicyclic) bond motifs is 1. The molecule has 0 unspecified atom stereocenters. The molecule has 0 radical (unpaired) electrons. The fraction of sp³-hybridized carbons (Fsp3) is 0.231. The normalized spacial score (nSPS) is 12.8. The minimum absolute atomic E-state index is 0.0264. The van der Waals surface area contributed by atoms with Crippen molar-refractivity contribution in [2.45, 2.75) is 12.8 Å². The van der Waals surface area contributed by atoms with Gasteiger partial charge in [-0.25, -0.2) is 0 Å². The van der Waals surface area contributed by atoms with Gasteiger partial charge in [-0.2, -0.15) is 0 Å². The minimum Gasteiger partial charge on any atom is -0.481 e. The van der Waals surface area contributed by atoms with Crippen LogP contribution < -0.4 is 10.6 Å². The molecule has 20 heavy (non-hydrogen) atoms. The summed E-state index contributed by atoms with van der Waals surface area (Å²) in [5, 5.41) is 13.2. The fourth-order valence-electron chi connectivity index (χ4n) is 1.85. The molecule has 2 rings (SSSR count). The number of carbonyl (C=O) groups excluding carboxylic acids is 3. The quantitative estimate of drug-likeness (QED) is 0.524. The van der Waals surface area contributed by atoms with Gasteiger partial charge in [0, 0.05) is 18.5 Å². The van der Waals surface area contributed by atoms with Crippen LogP contribution in [0.2, 0.25) is 0 Å². The summed E-state index contributed by atoms with van der Waals surface area (Å²) in [6.45, 7) is 0.230.